The van der Waals surface area contributed by atoms with Crippen LogP contribution in [0.3, 0.4) is 0 Å². The van der Waals surface area contributed by atoms with Crippen LogP contribution in [0.5, 0.6) is 0 Å². The number of quaternary nitrogens is 1. The van der Waals surface area contributed by atoms with Gasteiger partial charge in [-0.3, -0.25) is 5.32 Å². The molecule has 0 aliphatic carbocycles. The minimum atomic E-state index is -0.500. The van der Waals surface area contributed by atoms with Crippen LogP contribution < -0.4 is 5.32 Å². The van der Waals surface area contributed by atoms with E-state index in [4.69, 9.17) is 27.9 Å². The van der Waals surface area contributed by atoms with Gasteiger partial charge < -0.3 is 9.22 Å². The van der Waals surface area contributed by atoms with Crippen molar-refractivity contribution in [1.82, 2.24) is 0 Å². The van der Waals surface area contributed by atoms with Crippen molar-refractivity contribution in [1.29, 1.82) is 0 Å². The normalized spacial score (nSPS) is 24.9. The molecule has 2 saturated heterocycles. The Kier molecular flexibility index (Phi) is 5.49. The lowest BCUT2D eigenvalue weighted by molar-refractivity contribution is -0.931. The molecular weight excluding hydrogens is 414 g/mol. The Morgan fingerprint density at radius 2 is 1.79 bits per heavy atom. The van der Waals surface area contributed by atoms with Crippen LogP contribution in [-0.4, -0.2) is 42.9 Å². The summed E-state index contributed by atoms with van der Waals surface area (Å²) in [5, 5.41) is 3.34. The smallest absolute Gasteiger partial charge is 0.411 e. The number of hydrogen-bond donors (Lipinski definition) is 1. The van der Waals surface area contributed by atoms with E-state index in [1.807, 2.05) is 0 Å². The molecule has 4 rings (SSSR count). The second-order valence-corrected chi connectivity index (χ2v) is 9.30. The topological polar surface area (TPSA) is 38.3 Å². The second kappa shape index (κ2) is 7.78. The van der Waals surface area contributed by atoms with E-state index < -0.39 is 11.9 Å². The lowest BCUT2D eigenvalue weighted by Crippen LogP contribution is -2.56. The molecule has 1 unspecified atom stereocenters. The zero-order valence-corrected chi connectivity index (χ0v) is 17.9. The maximum atomic E-state index is 13.5. The molecule has 0 saturated carbocycles. The third-order valence-electron chi connectivity index (χ3n) is 6.51. The number of carbonyl (C=O) groups excluding carboxylic acids is 1. The summed E-state index contributed by atoms with van der Waals surface area (Å²) >= 11 is 12.1. The Labute approximate surface area is 180 Å². The van der Waals surface area contributed by atoms with Crippen LogP contribution in [0.2, 0.25) is 10.0 Å². The molecule has 0 spiro atoms. The van der Waals surface area contributed by atoms with Crippen LogP contribution in [0.4, 0.5) is 14.9 Å². The molecule has 1 amide bonds. The van der Waals surface area contributed by atoms with Gasteiger partial charge in [0.1, 0.15) is 11.9 Å². The van der Waals surface area contributed by atoms with Crippen molar-refractivity contribution in [3.05, 3.63) is 52.3 Å². The maximum Gasteiger partial charge on any atom is 0.411 e. The molecule has 154 valence electrons. The van der Waals surface area contributed by atoms with Crippen LogP contribution in [0, 0.1) is 5.82 Å². The van der Waals surface area contributed by atoms with Gasteiger partial charge in [0.15, 0.2) is 0 Å². The standard InChI is InChI=1S/C22H23Cl2FN2O2/c1-27(2)15-5-6-16(27)12-17(11-15)29-22(28)26-21-8-4-14(23)10-18(21)13-3-7-20(25)19(24)9-13/h3-4,7-10,15-17H,5-6,11-12H2,1-2H3/p+1/t15-,16+,17?. The first-order chi connectivity index (χ1) is 13.7. The van der Waals surface area contributed by atoms with E-state index in [-0.39, 0.29) is 11.1 Å². The molecule has 0 aromatic heterocycles. The Morgan fingerprint density at radius 3 is 2.45 bits per heavy atom. The van der Waals surface area contributed by atoms with Gasteiger partial charge in [0.05, 0.1) is 36.9 Å². The predicted molar refractivity (Wildman–Crippen MR) is 114 cm³/mol. The van der Waals surface area contributed by atoms with Crippen molar-refractivity contribution in [3.63, 3.8) is 0 Å². The number of carbonyl (C=O) groups is 1. The zero-order valence-electron chi connectivity index (χ0n) is 16.4. The van der Waals surface area contributed by atoms with Crippen LogP contribution in [0.1, 0.15) is 25.7 Å². The third-order valence-corrected chi connectivity index (χ3v) is 7.03. The van der Waals surface area contributed by atoms with Gasteiger partial charge in [-0.05, 0) is 35.9 Å². The molecule has 3 atom stereocenters. The average molecular weight is 438 g/mol. The van der Waals surface area contributed by atoms with E-state index in [1.54, 1.807) is 24.3 Å². The van der Waals surface area contributed by atoms with Crippen molar-refractivity contribution in [2.75, 3.05) is 19.4 Å². The van der Waals surface area contributed by atoms with Crippen molar-refractivity contribution in [2.45, 2.75) is 43.9 Å². The first kappa shape index (κ1) is 20.5. The van der Waals surface area contributed by atoms with Crippen molar-refractivity contribution in [2.24, 2.45) is 0 Å². The molecule has 2 aromatic rings. The monoisotopic (exact) mass is 437 g/mol. The molecule has 7 heteroatoms. The number of ether oxygens (including phenoxy) is 1. The molecule has 4 nitrogen and oxygen atoms in total. The van der Waals surface area contributed by atoms with Gasteiger partial charge in [-0.2, -0.15) is 0 Å². The number of amides is 1. The number of fused-ring (bicyclic) bond motifs is 2. The van der Waals surface area contributed by atoms with E-state index in [0.717, 1.165) is 17.3 Å². The first-order valence-electron chi connectivity index (χ1n) is 9.80. The maximum absolute atomic E-state index is 13.5. The lowest BCUT2D eigenvalue weighted by Gasteiger charge is -2.43. The number of halogens is 3. The zero-order chi connectivity index (χ0) is 20.8. The number of benzene rings is 2. The van der Waals surface area contributed by atoms with Gasteiger partial charge >= 0.3 is 6.09 Å². The highest BCUT2D eigenvalue weighted by Gasteiger charge is 2.49. The molecule has 2 aliphatic heterocycles. The molecule has 2 aliphatic rings. The van der Waals surface area contributed by atoms with Gasteiger partial charge in [0.2, 0.25) is 0 Å². The quantitative estimate of drug-likeness (QED) is 0.587. The fourth-order valence-electron chi connectivity index (χ4n) is 4.75. The number of nitrogens with zero attached hydrogens (tertiary/aromatic N) is 1. The van der Waals surface area contributed by atoms with E-state index in [1.165, 1.54) is 25.0 Å². The van der Waals surface area contributed by atoms with E-state index in [9.17, 15) is 9.18 Å². The first-order valence-corrected chi connectivity index (χ1v) is 10.6. The molecule has 2 aromatic carbocycles. The molecule has 2 bridgehead atoms. The summed E-state index contributed by atoms with van der Waals surface area (Å²) in [5.74, 6) is -0.500. The summed E-state index contributed by atoms with van der Waals surface area (Å²) in [6.45, 7) is 0. The highest BCUT2D eigenvalue weighted by Crippen LogP contribution is 2.40. The number of rotatable bonds is 3. The second-order valence-electron chi connectivity index (χ2n) is 8.46. The van der Waals surface area contributed by atoms with Gasteiger partial charge in [-0.25, -0.2) is 9.18 Å². The number of anilines is 1. The largest absolute Gasteiger partial charge is 0.445 e. The number of piperidine rings is 1. The Hall–Kier alpha value is -1.82. The number of nitrogens with one attached hydrogen (secondary N) is 1. The SMILES string of the molecule is C[N+]1(C)[C@@H]2CC[C@H]1CC(OC(=O)Nc1ccc(Cl)cc1-c1ccc(F)c(Cl)c1)C2. The Morgan fingerprint density at radius 1 is 1.10 bits per heavy atom. The summed E-state index contributed by atoms with van der Waals surface area (Å²) in [5.41, 5.74) is 1.85. The Balaban J connectivity index is 1.50. The van der Waals surface area contributed by atoms with E-state index in [2.05, 4.69) is 19.4 Å². The minimum Gasteiger partial charge on any atom is -0.445 e. The van der Waals surface area contributed by atoms with Crippen molar-refractivity contribution >= 4 is 35.0 Å². The van der Waals surface area contributed by atoms with Crippen LogP contribution in [0.15, 0.2) is 36.4 Å². The summed E-state index contributed by atoms with van der Waals surface area (Å²) in [7, 11) is 4.54. The molecule has 2 fully saturated rings. The average Bonchev–Trinajstić information content (AvgIpc) is 2.83. The fourth-order valence-corrected chi connectivity index (χ4v) is 5.10. The predicted octanol–water partition coefficient (Wildman–Crippen LogP) is 6.12. The van der Waals surface area contributed by atoms with E-state index in [0.29, 0.717) is 33.9 Å². The fraction of sp³-hybridized carbons (Fsp3) is 0.409. The van der Waals surface area contributed by atoms with Gasteiger partial charge in [0, 0.05) is 36.3 Å². The summed E-state index contributed by atoms with van der Waals surface area (Å²) < 4.78 is 20.3. The molecule has 1 N–H and O–H groups in total. The number of hydrogen-bond acceptors (Lipinski definition) is 2. The summed E-state index contributed by atoms with van der Waals surface area (Å²) in [6.07, 6.45) is 3.58. The van der Waals surface area contributed by atoms with Gasteiger partial charge in [0.25, 0.3) is 0 Å². The van der Waals surface area contributed by atoms with Crippen LogP contribution in [0.25, 0.3) is 11.1 Å². The summed E-state index contributed by atoms with van der Waals surface area (Å²) in [6, 6.07) is 10.6. The van der Waals surface area contributed by atoms with Crippen molar-refractivity contribution in [3.8, 4) is 11.1 Å². The Bertz CT molecular complexity index is 934. The minimum absolute atomic E-state index is 0.00872. The molecular formula is C22H24Cl2FN2O2+. The van der Waals surface area contributed by atoms with E-state index >= 15 is 0 Å². The van der Waals surface area contributed by atoms with Crippen LogP contribution in [-0.2, 0) is 4.74 Å². The van der Waals surface area contributed by atoms with Crippen molar-refractivity contribution < 1.29 is 18.4 Å². The molecule has 29 heavy (non-hydrogen) atoms. The van der Waals surface area contributed by atoms with Gasteiger partial charge in [-0.15, -0.1) is 0 Å². The van der Waals surface area contributed by atoms with Gasteiger partial charge in [-0.1, -0.05) is 29.3 Å². The third kappa shape index (κ3) is 4.09. The summed E-state index contributed by atoms with van der Waals surface area (Å²) in [4.78, 5) is 12.6. The molecule has 0 radical (unpaired) electrons. The lowest BCUT2D eigenvalue weighted by atomic mass is 9.98. The molecule has 2 heterocycles. The highest BCUT2D eigenvalue weighted by molar-refractivity contribution is 6.31. The highest BCUT2D eigenvalue weighted by atomic mass is 35.5. The van der Waals surface area contributed by atoms with Crippen LogP contribution >= 0.6 is 23.2 Å².